The van der Waals surface area contributed by atoms with Crippen LogP contribution < -0.4 is 5.32 Å². The van der Waals surface area contributed by atoms with Gasteiger partial charge in [0, 0.05) is 26.7 Å². The minimum Gasteiger partial charge on any atom is -0.357 e. The second-order valence-electron chi connectivity index (χ2n) is 4.30. The molecule has 0 aliphatic rings. The van der Waals surface area contributed by atoms with Crippen LogP contribution in [-0.2, 0) is 0 Å². The third kappa shape index (κ3) is 8.78. The normalized spacial score (nSPS) is 11.4. The lowest BCUT2D eigenvalue weighted by atomic mass is 10.2. The summed E-state index contributed by atoms with van der Waals surface area (Å²) in [4.78, 5) is 6.84. The molecule has 0 fully saturated rings. The molecule has 0 unspecified atom stereocenters. The SMILES string of the molecule is C=CCCCN(C)C(=NCCCCC)NCC. The van der Waals surface area contributed by atoms with E-state index in [0.29, 0.717) is 0 Å². The minimum atomic E-state index is 0.929. The number of hydrogen-bond acceptors (Lipinski definition) is 1. The fourth-order valence-electron chi connectivity index (χ4n) is 1.60. The fraction of sp³-hybridized carbons (Fsp3) is 0.786. The van der Waals surface area contributed by atoms with Gasteiger partial charge in [-0.05, 0) is 26.2 Å². The smallest absolute Gasteiger partial charge is 0.193 e. The molecule has 0 aliphatic heterocycles. The molecular formula is C14H29N3. The topological polar surface area (TPSA) is 27.6 Å². The summed E-state index contributed by atoms with van der Waals surface area (Å²) in [6.45, 7) is 11.0. The van der Waals surface area contributed by atoms with Gasteiger partial charge in [0.05, 0.1) is 0 Å². The minimum absolute atomic E-state index is 0.929. The first-order valence-corrected chi connectivity index (χ1v) is 6.86. The van der Waals surface area contributed by atoms with Crippen LogP contribution in [0, 0.1) is 0 Å². The van der Waals surface area contributed by atoms with Crippen molar-refractivity contribution in [3.63, 3.8) is 0 Å². The molecule has 3 heteroatoms. The second kappa shape index (κ2) is 11.5. The third-order valence-electron chi connectivity index (χ3n) is 2.62. The van der Waals surface area contributed by atoms with Crippen molar-refractivity contribution >= 4 is 5.96 Å². The highest BCUT2D eigenvalue weighted by molar-refractivity contribution is 5.79. The van der Waals surface area contributed by atoms with Crippen LogP contribution >= 0.6 is 0 Å². The molecule has 0 saturated heterocycles. The maximum Gasteiger partial charge on any atom is 0.193 e. The molecule has 0 rings (SSSR count). The van der Waals surface area contributed by atoms with E-state index >= 15 is 0 Å². The van der Waals surface area contributed by atoms with E-state index in [1.54, 1.807) is 0 Å². The van der Waals surface area contributed by atoms with Crippen molar-refractivity contribution in [1.29, 1.82) is 0 Å². The Labute approximate surface area is 107 Å². The molecule has 0 bridgehead atoms. The second-order valence-corrected chi connectivity index (χ2v) is 4.30. The van der Waals surface area contributed by atoms with Gasteiger partial charge in [-0.2, -0.15) is 0 Å². The van der Waals surface area contributed by atoms with Crippen LogP contribution in [0.4, 0.5) is 0 Å². The van der Waals surface area contributed by atoms with E-state index in [4.69, 9.17) is 0 Å². The largest absolute Gasteiger partial charge is 0.357 e. The van der Waals surface area contributed by atoms with E-state index < -0.39 is 0 Å². The van der Waals surface area contributed by atoms with Crippen LogP contribution in [0.5, 0.6) is 0 Å². The number of nitrogens with zero attached hydrogens (tertiary/aromatic N) is 2. The average Bonchev–Trinajstić information content (AvgIpc) is 2.33. The number of nitrogens with one attached hydrogen (secondary N) is 1. The van der Waals surface area contributed by atoms with Crippen LogP contribution in [0.1, 0.15) is 46.0 Å². The van der Waals surface area contributed by atoms with Gasteiger partial charge < -0.3 is 10.2 Å². The van der Waals surface area contributed by atoms with E-state index in [2.05, 4.69) is 42.7 Å². The number of hydrogen-bond donors (Lipinski definition) is 1. The summed E-state index contributed by atoms with van der Waals surface area (Å²) in [6, 6.07) is 0. The summed E-state index contributed by atoms with van der Waals surface area (Å²) in [5, 5.41) is 3.34. The molecule has 0 heterocycles. The standard InChI is InChI=1S/C14H29N3/c1-5-8-10-12-16-14(15-7-3)17(4)13-11-9-6-2/h6H,2,5,7-13H2,1,3-4H3,(H,15,16). The van der Waals surface area contributed by atoms with Crippen LogP contribution in [0.2, 0.25) is 0 Å². The lowest BCUT2D eigenvalue weighted by molar-refractivity contribution is 0.469. The van der Waals surface area contributed by atoms with Crippen molar-refractivity contribution in [1.82, 2.24) is 10.2 Å². The summed E-state index contributed by atoms with van der Waals surface area (Å²) in [5.41, 5.74) is 0. The van der Waals surface area contributed by atoms with Gasteiger partial charge in [0.1, 0.15) is 0 Å². The maximum atomic E-state index is 4.64. The molecule has 0 aromatic rings. The van der Waals surface area contributed by atoms with Gasteiger partial charge in [-0.3, -0.25) is 4.99 Å². The predicted molar refractivity (Wildman–Crippen MR) is 77.6 cm³/mol. The highest BCUT2D eigenvalue weighted by Gasteiger charge is 2.03. The molecule has 3 nitrogen and oxygen atoms in total. The zero-order chi connectivity index (χ0) is 12.9. The summed E-state index contributed by atoms with van der Waals surface area (Å²) in [6.07, 6.45) is 7.88. The van der Waals surface area contributed by atoms with Crippen molar-refractivity contribution in [3.8, 4) is 0 Å². The Hall–Kier alpha value is -0.990. The van der Waals surface area contributed by atoms with Crippen LogP contribution in [0.3, 0.4) is 0 Å². The Balaban J connectivity index is 4.03. The van der Waals surface area contributed by atoms with E-state index in [-0.39, 0.29) is 0 Å². The van der Waals surface area contributed by atoms with Crippen molar-refractivity contribution in [2.24, 2.45) is 4.99 Å². The Morgan fingerprint density at radius 3 is 2.65 bits per heavy atom. The molecule has 0 spiro atoms. The lowest BCUT2D eigenvalue weighted by Crippen LogP contribution is -2.39. The fourth-order valence-corrected chi connectivity index (χ4v) is 1.60. The molecule has 0 saturated carbocycles. The molecule has 0 aromatic heterocycles. The summed E-state index contributed by atoms with van der Waals surface area (Å²) < 4.78 is 0. The number of aliphatic imine (C=N–C) groups is 1. The van der Waals surface area contributed by atoms with Gasteiger partial charge in [0.25, 0.3) is 0 Å². The van der Waals surface area contributed by atoms with Crippen molar-refractivity contribution in [2.75, 3.05) is 26.7 Å². The number of guanidine groups is 1. The highest BCUT2D eigenvalue weighted by atomic mass is 15.3. The summed E-state index contributed by atoms with van der Waals surface area (Å²) in [7, 11) is 2.10. The highest BCUT2D eigenvalue weighted by Crippen LogP contribution is 1.97. The molecule has 0 amide bonds. The molecule has 0 atom stereocenters. The molecule has 100 valence electrons. The van der Waals surface area contributed by atoms with Gasteiger partial charge in [-0.25, -0.2) is 0 Å². The van der Waals surface area contributed by atoms with Gasteiger partial charge >= 0.3 is 0 Å². The quantitative estimate of drug-likeness (QED) is 0.290. The molecule has 0 aliphatic carbocycles. The van der Waals surface area contributed by atoms with Crippen molar-refractivity contribution < 1.29 is 0 Å². The summed E-state index contributed by atoms with van der Waals surface area (Å²) in [5.74, 6) is 1.03. The number of allylic oxidation sites excluding steroid dienone is 1. The molecule has 17 heavy (non-hydrogen) atoms. The van der Waals surface area contributed by atoms with Crippen molar-refractivity contribution in [2.45, 2.75) is 46.0 Å². The monoisotopic (exact) mass is 239 g/mol. The van der Waals surface area contributed by atoms with Gasteiger partial charge in [0.15, 0.2) is 5.96 Å². The van der Waals surface area contributed by atoms with Crippen LogP contribution in [-0.4, -0.2) is 37.5 Å². The predicted octanol–water partition coefficient (Wildman–Crippen LogP) is 3.04. The number of unbranched alkanes of at least 4 members (excludes halogenated alkanes) is 3. The Kier molecular flexibility index (Phi) is 10.8. The first kappa shape index (κ1) is 16.0. The molecule has 1 N–H and O–H groups in total. The lowest BCUT2D eigenvalue weighted by Gasteiger charge is -2.21. The average molecular weight is 239 g/mol. The first-order chi connectivity index (χ1) is 8.26. The zero-order valence-electron chi connectivity index (χ0n) is 11.8. The Morgan fingerprint density at radius 1 is 1.29 bits per heavy atom. The van der Waals surface area contributed by atoms with Crippen LogP contribution in [0.25, 0.3) is 0 Å². The Bertz CT molecular complexity index is 212. The summed E-state index contributed by atoms with van der Waals surface area (Å²) >= 11 is 0. The molecule has 0 aromatic carbocycles. The molecule has 0 radical (unpaired) electrons. The van der Waals surface area contributed by atoms with Crippen molar-refractivity contribution in [3.05, 3.63) is 12.7 Å². The van der Waals surface area contributed by atoms with Gasteiger partial charge in [0.2, 0.25) is 0 Å². The first-order valence-electron chi connectivity index (χ1n) is 6.86. The van der Waals surface area contributed by atoms with E-state index in [9.17, 15) is 0 Å². The zero-order valence-corrected chi connectivity index (χ0v) is 11.8. The third-order valence-corrected chi connectivity index (χ3v) is 2.62. The van der Waals surface area contributed by atoms with E-state index in [0.717, 1.165) is 38.4 Å². The van der Waals surface area contributed by atoms with Gasteiger partial charge in [-0.15, -0.1) is 6.58 Å². The van der Waals surface area contributed by atoms with E-state index in [1.807, 2.05) is 6.08 Å². The van der Waals surface area contributed by atoms with E-state index in [1.165, 1.54) is 19.3 Å². The molecular weight excluding hydrogens is 210 g/mol. The number of rotatable bonds is 9. The Morgan fingerprint density at radius 2 is 2.06 bits per heavy atom. The van der Waals surface area contributed by atoms with Crippen LogP contribution in [0.15, 0.2) is 17.6 Å². The maximum absolute atomic E-state index is 4.64. The van der Waals surface area contributed by atoms with Gasteiger partial charge in [-0.1, -0.05) is 25.8 Å².